The fraction of sp³-hybridized carbons (Fsp3) is 0.474. The molecule has 1 aliphatic rings. The molecule has 0 spiro atoms. The highest BCUT2D eigenvalue weighted by atomic mass is 16.3. The van der Waals surface area contributed by atoms with Gasteiger partial charge in [0, 0.05) is 26.2 Å². The predicted octanol–water partition coefficient (Wildman–Crippen LogP) is 2.22. The molecule has 1 aromatic carbocycles. The number of nitrogens with one attached hydrogen (secondary N) is 1. The van der Waals surface area contributed by atoms with E-state index in [-0.39, 0.29) is 18.5 Å². The topological polar surface area (TPSA) is 72.9 Å². The Balaban J connectivity index is 0.000000970. The lowest BCUT2D eigenvalue weighted by Crippen LogP contribution is -2.45. The van der Waals surface area contributed by atoms with Crippen molar-refractivity contribution in [2.24, 2.45) is 0 Å². The maximum absolute atomic E-state index is 12.1. The Bertz CT molecular complexity index is 534. The second-order valence-electron chi connectivity index (χ2n) is 5.93. The average molecular weight is 347 g/mol. The highest BCUT2D eigenvalue weighted by Crippen LogP contribution is 2.12. The van der Waals surface area contributed by atoms with Crippen LogP contribution in [0.4, 0.5) is 4.79 Å². The first kappa shape index (κ1) is 20.7. The summed E-state index contributed by atoms with van der Waals surface area (Å²) in [6, 6.07) is 10.8. The number of hydrogen-bond donors (Lipinski definition) is 2. The largest absolute Gasteiger partial charge is 0.483 e. The molecule has 0 radical (unpaired) electrons. The zero-order valence-electron chi connectivity index (χ0n) is 15.1. The molecule has 0 bridgehead atoms. The van der Waals surface area contributed by atoms with Crippen molar-refractivity contribution in [3.8, 4) is 0 Å². The monoisotopic (exact) mass is 347 g/mol. The number of hydrogen-bond acceptors (Lipinski definition) is 3. The summed E-state index contributed by atoms with van der Waals surface area (Å²) in [6.07, 6.45) is 6.20. The van der Waals surface area contributed by atoms with Gasteiger partial charge in [-0.2, -0.15) is 0 Å². The van der Waals surface area contributed by atoms with Crippen LogP contribution >= 0.6 is 0 Å². The SMILES string of the molecule is CCC1C=CCN1C(=O)NCCN(C)CCc1ccccc1.O=CO. The Morgan fingerprint density at radius 2 is 2.04 bits per heavy atom. The number of rotatable bonds is 7. The van der Waals surface area contributed by atoms with Gasteiger partial charge in [0.2, 0.25) is 0 Å². The van der Waals surface area contributed by atoms with Crippen LogP contribution in [0, 0.1) is 0 Å². The molecule has 0 saturated carbocycles. The van der Waals surface area contributed by atoms with E-state index in [2.05, 4.69) is 60.6 Å². The van der Waals surface area contributed by atoms with Crippen molar-refractivity contribution in [3.63, 3.8) is 0 Å². The third kappa shape index (κ3) is 7.85. The van der Waals surface area contributed by atoms with Crippen molar-refractivity contribution < 1.29 is 14.7 Å². The van der Waals surface area contributed by atoms with E-state index in [0.717, 1.165) is 32.5 Å². The van der Waals surface area contributed by atoms with E-state index in [1.807, 2.05) is 11.0 Å². The van der Waals surface area contributed by atoms with E-state index in [4.69, 9.17) is 9.90 Å². The lowest BCUT2D eigenvalue weighted by Gasteiger charge is -2.24. The van der Waals surface area contributed by atoms with Gasteiger partial charge in [-0.25, -0.2) is 4.79 Å². The van der Waals surface area contributed by atoms with Gasteiger partial charge in [0.15, 0.2) is 0 Å². The summed E-state index contributed by atoms with van der Waals surface area (Å²) in [5.41, 5.74) is 1.35. The average Bonchev–Trinajstić information content (AvgIpc) is 3.10. The Hall–Kier alpha value is -2.34. The molecule has 0 fully saturated rings. The molecule has 6 nitrogen and oxygen atoms in total. The van der Waals surface area contributed by atoms with Gasteiger partial charge in [0.05, 0.1) is 6.04 Å². The number of amides is 2. The van der Waals surface area contributed by atoms with Crippen LogP contribution in [0.15, 0.2) is 42.5 Å². The second kappa shape index (κ2) is 12.1. The van der Waals surface area contributed by atoms with Gasteiger partial charge in [-0.05, 0) is 25.5 Å². The zero-order valence-corrected chi connectivity index (χ0v) is 15.1. The van der Waals surface area contributed by atoms with E-state index < -0.39 is 0 Å². The lowest BCUT2D eigenvalue weighted by atomic mass is 10.1. The van der Waals surface area contributed by atoms with Crippen LogP contribution in [0.2, 0.25) is 0 Å². The summed E-state index contributed by atoms with van der Waals surface area (Å²) >= 11 is 0. The number of urea groups is 1. The standard InChI is InChI=1S/C18H27N3O.CH2O2/c1-3-17-10-7-13-21(17)18(22)19-12-15-20(2)14-11-16-8-5-4-6-9-16;2-1-3/h4-10,17H,3,11-15H2,1-2H3,(H,19,22);1H,(H,2,3). The molecule has 0 aliphatic carbocycles. The van der Waals surface area contributed by atoms with Crippen molar-refractivity contribution in [2.75, 3.05) is 33.2 Å². The molecule has 2 N–H and O–H groups in total. The first-order chi connectivity index (χ1) is 12.1. The molecule has 1 aromatic rings. The van der Waals surface area contributed by atoms with Crippen LogP contribution in [0.25, 0.3) is 0 Å². The highest BCUT2D eigenvalue weighted by molar-refractivity contribution is 5.75. The number of carbonyl (C=O) groups is 2. The van der Waals surface area contributed by atoms with Crippen molar-refractivity contribution in [3.05, 3.63) is 48.0 Å². The summed E-state index contributed by atoms with van der Waals surface area (Å²) in [4.78, 5) is 24.6. The van der Waals surface area contributed by atoms with Crippen molar-refractivity contribution in [1.82, 2.24) is 15.1 Å². The Morgan fingerprint density at radius 1 is 1.36 bits per heavy atom. The van der Waals surface area contributed by atoms with Crippen molar-refractivity contribution >= 4 is 12.5 Å². The first-order valence-corrected chi connectivity index (χ1v) is 8.63. The van der Waals surface area contributed by atoms with Crippen LogP contribution in [-0.4, -0.2) is 66.7 Å². The van der Waals surface area contributed by atoms with E-state index in [0.29, 0.717) is 6.54 Å². The summed E-state index contributed by atoms with van der Waals surface area (Å²) < 4.78 is 0. The third-order valence-electron chi connectivity index (χ3n) is 4.13. The normalized spacial score (nSPS) is 15.6. The number of benzene rings is 1. The van der Waals surface area contributed by atoms with E-state index >= 15 is 0 Å². The van der Waals surface area contributed by atoms with E-state index in [1.165, 1.54) is 5.56 Å². The number of carbonyl (C=O) groups excluding carboxylic acids is 1. The predicted molar refractivity (Wildman–Crippen MR) is 99.7 cm³/mol. The summed E-state index contributed by atoms with van der Waals surface area (Å²) in [7, 11) is 2.10. The molecule has 0 saturated heterocycles. The summed E-state index contributed by atoms with van der Waals surface area (Å²) in [5.74, 6) is 0. The zero-order chi connectivity index (χ0) is 18.5. The van der Waals surface area contributed by atoms with Crippen LogP contribution in [-0.2, 0) is 11.2 Å². The Labute approximate surface area is 150 Å². The first-order valence-electron chi connectivity index (χ1n) is 8.63. The lowest BCUT2D eigenvalue weighted by molar-refractivity contribution is -0.122. The van der Waals surface area contributed by atoms with Gasteiger partial charge < -0.3 is 20.2 Å². The van der Waals surface area contributed by atoms with Gasteiger partial charge in [-0.1, -0.05) is 49.4 Å². The molecule has 1 atom stereocenters. The molecule has 2 amide bonds. The third-order valence-corrected chi connectivity index (χ3v) is 4.13. The second-order valence-corrected chi connectivity index (χ2v) is 5.93. The van der Waals surface area contributed by atoms with Gasteiger partial charge >= 0.3 is 6.03 Å². The fourth-order valence-corrected chi connectivity index (χ4v) is 2.69. The highest BCUT2D eigenvalue weighted by Gasteiger charge is 2.22. The van der Waals surface area contributed by atoms with Crippen LogP contribution < -0.4 is 5.32 Å². The molecular weight excluding hydrogens is 318 g/mol. The quantitative estimate of drug-likeness (QED) is 0.586. The van der Waals surface area contributed by atoms with Crippen molar-refractivity contribution in [2.45, 2.75) is 25.8 Å². The van der Waals surface area contributed by atoms with E-state index in [9.17, 15) is 4.79 Å². The van der Waals surface area contributed by atoms with Gasteiger partial charge in [-0.15, -0.1) is 0 Å². The van der Waals surface area contributed by atoms with Gasteiger partial charge in [-0.3, -0.25) is 4.79 Å². The smallest absolute Gasteiger partial charge is 0.318 e. The molecule has 6 heteroatoms. The number of carboxylic acid groups (broad SMARTS) is 1. The molecule has 1 heterocycles. The molecular formula is C19H29N3O3. The number of likely N-dealkylation sites (N-methyl/N-ethyl adjacent to an activating group) is 1. The molecule has 1 aliphatic heterocycles. The van der Waals surface area contributed by atoms with Gasteiger partial charge in [0.25, 0.3) is 6.47 Å². The molecule has 2 rings (SSSR count). The Kier molecular flexibility index (Phi) is 10.0. The van der Waals surface area contributed by atoms with Crippen LogP contribution in [0.1, 0.15) is 18.9 Å². The molecule has 1 unspecified atom stereocenters. The summed E-state index contributed by atoms with van der Waals surface area (Å²) in [6.45, 7) is 5.16. The fourth-order valence-electron chi connectivity index (χ4n) is 2.69. The van der Waals surface area contributed by atoms with Gasteiger partial charge in [0.1, 0.15) is 0 Å². The minimum Gasteiger partial charge on any atom is -0.483 e. The molecule has 0 aromatic heterocycles. The maximum Gasteiger partial charge on any atom is 0.318 e. The van der Waals surface area contributed by atoms with Crippen LogP contribution in [0.3, 0.4) is 0 Å². The maximum atomic E-state index is 12.1. The Morgan fingerprint density at radius 3 is 2.68 bits per heavy atom. The molecule has 138 valence electrons. The summed E-state index contributed by atoms with van der Waals surface area (Å²) in [5, 5.41) is 9.91. The minimum atomic E-state index is -0.250. The number of nitrogens with zero attached hydrogens (tertiary/aromatic N) is 2. The van der Waals surface area contributed by atoms with Crippen molar-refractivity contribution in [1.29, 1.82) is 0 Å². The molecule has 25 heavy (non-hydrogen) atoms. The minimum absolute atomic E-state index is 0.0494. The van der Waals surface area contributed by atoms with Crippen LogP contribution in [0.5, 0.6) is 0 Å². The van der Waals surface area contributed by atoms with E-state index in [1.54, 1.807) is 0 Å².